The Hall–Kier alpha value is -2.21. The van der Waals surface area contributed by atoms with E-state index in [-0.39, 0.29) is 0 Å². The second-order valence-corrected chi connectivity index (χ2v) is 5.93. The molecule has 0 bridgehead atoms. The summed E-state index contributed by atoms with van der Waals surface area (Å²) in [4.78, 5) is 15.1. The molecule has 22 heavy (non-hydrogen) atoms. The summed E-state index contributed by atoms with van der Waals surface area (Å²) in [5.74, 6) is 1.61. The highest BCUT2D eigenvalue weighted by Crippen LogP contribution is 2.35. The van der Waals surface area contributed by atoms with Crippen molar-refractivity contribution in [3.8, 4) is 0 Å². The molecule has 0 spiro atoms. The van der Waals surface area contributed by atoms with E-state index in [1.807, 2.05) is 37.5 Å². The van der Waals surface area contributed by atoms with Crippen molar-refractivity contribution in [3.63, 3.8) is 0 Å². The van der Waals surface area contributed by atoms with E-state index in [4.69, 9.17) is 11.5 Å². The lowest BCUT2D eigenvalue weighted by atomic mass is 9.78. The minimum atomic E-state index is 0.298. The molecule has 116 valence electrons. The molecule has 0 amide bonds. The molecule has 0 saturated heterocycles. The van der Waals surface area contributed by atoms with Crippen molar-refractivity contribution in [2.24, 2.45) is 5.73 Å². The van der Waals surface area contributed by atoms with Crippen molar-refractivity contribution >= 4 is 11.8 Å². The second-order valence-electron chi connectivity index (χ2n) is 5.93. The normalized spacial score (nSPS) is 20.5. The van der Waals surface area contributed by atoms with Gasteiger partial charge in [0.15, 0.2) is 0 Å². The lowest BCUT2D eigenvalue weighted by molar-refractivity contribution is 0.345. The number of aromatic nitrogens is 3. The number of nitrogens with two attached hydrogens (primary N) is 2. The maximum atomic E-state index is 5.86. The summed E-state index contributed by atoms with van der Waals surface area (Å²) >= 11 is 0. The fraction of sp³-hybridized carbons (Fsp3) is 0.438. The Bertz CT molecular complexity index is 624. The molecule has 1 saturated carbocycles. The molecule has 2 aromatic heterocycles. The van der Waals surface area contributed by atoms with Crippen LogP contribution < -0.4 is 16.4 Å². The molecule has 1 fully saturated rings. The predicted molar refractivity (Wildman–Crippen MR) is 87.6 cm³/mol. The van der Waals surface area contributed by atoms with Crippen molar-refractivity contribution in [3.05, 3.63) is 41.9 Å². The first-order valence-corrected chi connectivity index (χ1v) is 7.63. The SMILES string of the molecule is CN(CCc1ccccn1)c1cc(C2CC(N)C2)nc(N)n1. The molecule has 4 N–H and O–H groups in total. The number of rotatable bonds is 5. The fourth-order valence-electron chi connectivity index (χ4n) is 2.72. The van der Waals surface area contributed by atoms with Crippen LogP contribution in [0.4, 0.5) is 11.8 Å². The van der Waals surface area contributed by atoms with Gasteiger partial charge in [-0.3, -0.25) is 4.98 Å². The van der Waals surface area contributed by atoms with Crippen LogP contribution in [0.25, 0.3) is 0 Å². The molecule has 6 heteroatoms. The Morgan fingerprint density at radius 3 is 2.77 bits per heavy atom. The quantitative estimate of drug-likeness (QED) is 0.865. The van der Waals surface area contributed by atoms with Crippen LogP contribution in [0.3, 0.4) is 0 Å². The van der Waals surface area contributed by atoms with Gasteiger partial charge in [0.2, 0.25) is 5.95 Å². The Kier molecular flexibility index (Phi) is 4.20. The monoisotopic (exact) mass is 298 g/mol. The summed E-state index contributed by atoms with van der Waals surface area (Å²) in [5, 5.41) is 0. The minimum Gasteiger partial charge on any atom is -0.368 e. The molecule has 6 nitrogen and oxygen atoms in total. The zero-order valence-electron chi connectivity index (χ0n) is 12.8. The van der Waals surface area contributed by atoms with Crippen molar-refractivity contribution in [2.45, 2.75) is 31.2 Å². The van der Waals surface area contributed by atoms with E-state index >= 15 is 0 Å². The summed E-state index contributed by atoms with van der Waals surface area (Å²) in [6, 6.07) is 8.29. The summed E-state index contributed by atoms with van der Waals surface area (Å²) < 4.78 is 0. The van der Waals surface area contributed by atoms with E-state index in [2.05, 4.69) is 19.9 Å². The molecule has 1 aliphatic carbocycles. The van der Waals surface area contributed by atoms with Crippen LogP contribution in [0, 0.1) is 0 Å². The predicted octanol–water partition coefficient (Wildman–Crippen LogP) is 1.34. The van der Waals surface area contributed by atoms with Crippen molar-refractivity contribution < 1.29 is 0 Å². The summed E-state index contributed by atoms with van der Waals surface area (Å²) in [5.41, 5.74) is 13.8. The highest BCUT2D eigenvalue weighted by atomic mass is 15.2. The van der Waals surface area contributed by atoms with Gasteiger partial charge in [0.05, 0.1) is 5.69 Å². The van der Waals surface area contributed by atoms with Gasteiger partial charge in [-0.1, -0.05) is 6.07 Å². The smallest absolute Gasteiger partial charge is 0.222 e. The van der Waals surface area contributed by atoms with E-state index in [1.165, 1.54) is 0 Å². The number of hydrogen-bond acceptors (Lipinski definition) is 6. The number of likely N-dealkylation sites (N-methyl/N-ethyl adjacent to an activating group) is 1. The van der Waals surface area contributed by atoms with E-state index in [1.54, 1.807) is 0 Å². The van der Waals surface area contributed by atoms with E-state index < -0.39 is 0 Å². The molecule has 0 radical (unpaired) electrons. The first-order valence-electron chi connectivity index (χ1n) is 7.63. The van der Waals surface area contributed by atoms with E-state index in [0.717, 1.165) is 43.0 Å². The maximum Gasteiger partial charge on any atom is 0.222 e. The Morgan fingerprint density at radius 1 is 1.27 bits per heavy atom. The minimum absolute atomic E-state index is 0.298. The third kappa shape index (κ3) is 3.33. The van der Waals surface area contributed by atoms with E-state index in [9.17, 15) is 0 Å². The molecule has 2 aromatic rings. The van der Waals surface area contributed by atoms with Crippen LogP contribution in [0.5, 0.6) is 0 Å². The average molecular weight is 298 g/mol. The number of nitrogens with zero attached hydrogens (tertiary/aromatic N) is 4. The maximum absolute atomic E-state index is 5.86. The molecule has 2 heterocycles. The van der Waals surface area contributed by atoms with Crippen LogP contribution in [-0.4, -0.2) is 34.6 Å². The third-order valence-corrected chi connectivity index (χ3v) is 4.16. The molecule has 0 aliphatic heterocycles. The topological polar surface area (TPSA) is 94.0 Å². The molecule has 3 rings (SSSR count). The standard InChI is InChI=1S/C16H22N6/c1-22(7-5-13-4-2-3-6-19-13)15-10-14(20-16(18)21-15)11-8-12(17)9-11/h2-4,6,10-12H,5,7-9,17H2,1H3,(H2,18,20,21). The van der Waals surface area contributed by atoms with E-state index in [0.29, 0.717) is 17.9 Å². The van der Waals surface area contributed by atoms with Crippen molar-refractivity contribution in [1.29, 1.82) is 0 Å². The highest BCUT2D eigenvalue weighted by molar-refractivity contribution is 5.44. The van der Waals surface area contributed by atoms with Gasteiger partial charge in [0, 0.05) is 49.9 Å². The summed E-state index contributed by atoms with van der Waals surface area (Å²) in [6.07, 6.45) is 4.64. The van der Waals surface area contributed by atoms with Crippen molar-refractivity contribution in [2.75, 3.05) is 24.2 Å². The van der Waals surface area contributed by atoms with Crippen molar-refractivity contribution in [1.82, 2.24) is 15.0 Å². The molecule has 0 unspecified atom stereocenters. The van der Waals surface area contributed by atoms with Crippen LogP contribution in [-0.2, 0) is 6.42 Å². The third-order valence-electron chi connectivity index (χ3n) is 4.16. The number of pyridine rings is 1. The molecule has 0 atom stereocenters. The Labute approximate surface area is 130 Å². The van der Waals surface area contributed by atoms with Gasteiger partial charge < -0.3 is 16.4 Å². The first-order chi connectivity index (χ1) is 10.6. The second kappa shape index (κ2) is 6.27. The van der Waals surface area contributed by atoms with Crippen LogP contribution >= 0.6 is 0 Å². The molecule has 0 aromatic carbocycles. The first kappa shape index (κ1) is 14.7. The molecular weight excluding hydrogens is 276 g/mol. The lowest BCUT2D eigenvalue weighted by Gasteiger charge is -2.32. The number of nitrogen functional groups attached to an aromatic ring is 1. The zero-order chi connectivity index (χ0) is 15.5. The van der Waals surface area contributed by atoms with Gasteiger partial charge in [0.1, 0.15) is 5.82 Å². The van der Waals surface area contributed by atoms with Gasteiger partial charge >= 0.3 is 0 Å². The Morgan fingerprint density at radius 2 is 2.09 bits per heavy atom. The van der Waals surface area contributed by atoms with Gasteiger partial charge in [0.25, 0.3) is 0 Å². The largest absolute Gasteiger partial charge is 0.368 e. The Balaban J connectivity index is 1.68. The summed E-state index contributed by atoms with van der Waals surface area (Å²) in [7, 11) is 2.01. The molecule has 1 aliphatic rings. The van der Waals surface area contributed by atoms with Gasteiger partial charge in [-0.15, -0.1) is 0 Å². The number of anilines is 2. The highest BCUT2D eigenvalue weighted by Gasteiger charge is 2.29. The fourth-order valence-corrected chi connectivity index (χ4v) is 2.72. The van der Waals surface area contributed by atoms with Gasteiger partial charge in [-0.25, -0.2) is 4.98 Å². The molecular formula is C16H22N6. The zero-order valence-corrected chi connectivity index (χ0v) is 12.8. The lowest BCUT2D eigenvalue weighted by Crippen LogP contribution is -2.35. The average Bonchev–Trinajstić information content (AvgIpc) is 2.50. The van der Waals surface area contributed by atoms with Crippen LogP contribution in [0.2, 0.25) is 0 Å². The summed E-state index contributed by atoms with van der Waals surface area (Å²) in [6.45, 7) is 0.830. The van der Waals surface area contributed by atoms with Gasteiger partial charge in [-0.2, -0.15) is 4.98 Å². The number of hydrogen-bond donors (Lipinski definition) is 2. The van der Waals surface area contributed by atoms with Crippen LogP contribution in [0.15, 0.2) is 30.5 Å². The van der Waals surface area contributed by atoms with Gasteiger partial charge in [-0.05, 0) is 25.0 Å². The van der Waals surface area contributed by atoms with Crippen LogP contribution in [0.1, 0.15) is 30.1 Å².